The van der Waals surface area contributed by atoms with Gasteiger partial charge < -0.3 is 14.7 Å². The third-order valence-electron chi connectivity index (χ3n) is 4.70. The van der Waals surface area contributed by atoms with Gasteiger partial charge in [0.2, 0.25) is 5.91 Å². The molecule has 1 N–H and O–H groups in total. The van der Waals surface area contributed by atoms with Gasteiger partial charge in [0.05, 0.1) is 12.5 Å². The van der Waals surface area contributed by atoms with Crippen LogP contribution < -0.4 is 5.32 Å². The molecule has 1 aromatic carbocycles. The lowest BCUT2D eigenvalue weighted by atomic mass is 10.1. The highest BCUT2D eigenvalue weighted by molar-refractivity contribution is 5.93. The molecular weight excluding hydrogens is 344 g/mol. The van der Waals surface area contributed by atoms with E-state index in [1.54, 1.807) is 11.0 Å². The molecule has 1 aliphatic heterocycles. The second-order valence-electron chi connectivity index (χ2n) is 6.97. The Morgan fingerprint density at radius 2 is 2.07 bits per heavy atom. The summed E-state index contributed by atoms with van der Waals surface area (Å²) in [5, 5.41) is 6.75. The third kappa shape index (κ3) is 4.95. The van der Waals surface area contributed by atoms with E-state index >= 15 is 0 Å². The Morgan fingerprint density at radius 3 is 2.81 bits per heavy atom. The summed E-state index contributed by atoms with van der Waals surface area (Å²) < 4.78 is 5.35. The molecule has 3 rings (SSSR count). The van der Waals surface area contributed by atoms with Gasteiger partial charge in [0.1, 0.15) is 0 Å². The van der Waals surface area contributed by atoms with Crippen LogP contribution in [0.5, 0.6) is 0 Å². The van der Waals surface area contributed by atoms with Crippen LogP contribution in [0.1, 0.15) is 35.2 Å². The number of hydrogen-bond donors (Lipinski definition) is 1. The number of aromatic nitrogens is 1. The normalized spacial score (nSPS) is 16.7. The smallest absolute Gasteiger partial charge is 0.276 e. The standard InChI is InChI=1S/C20H26N4O3/c1-3-21-19(25)16-9-10-24(13-16)20(26)18-11-17(27-22-18)14-23(2)12-15-7-5-4-6-8-15/h4-8,11,16H,3,9-10,12-14H2,1-2H3,(H,21,25). The molecule has 2 aromatic rings. The zero-order valence-corrected chi connectivity index (χ0v) is 15.9. The monoisotopic (exact) mass is 370 g/mol. The van der Waals surface area contributed by atoms with Crippen molar-refractivity contribution in [1.82, 2.24) is 20.3 Å². The van der Waals surface area contributed by atoms with Gasteiger partial charge in [0.15, 0.2) is 11.5 Å². The maximum atomic E-state index is 12.6. The maximum absolute atomic E-state index is 12.6. The van der Waals surface area contributed by atoms with Gasteiger partial charge in [-0.05, 0) is 26.0 Å². The van der Waals surface area contributed by atoms with Crippen LogP contribution in [0.4, 0.5) is 0 Å². The topological polar surface area (TPSA) is 78.7 Å². The SMILES string of the molecule is CCNC(=O)C1CCN(C(=O)c2cc(CN(C)Cc3ccccc3)on2)C1. The molecule has 7 nitrogen and oxygen atoms in total. The molecule has 1 atom stereocenters. The van der Waals surface area contributed by atoms with Crippen molar-refractivity contribution in [3.63, 3.8) is 0 Å². The number of benzene rings is 1. The Kier molecular flexibility index (Phi) is 6.24. The van der Waals surface area contributed by atoms with Crippen molar-refractivity contribution in [2.75, 3.05) is 26.7 Å². The maximum Gasteiger partial charge on any atom is 0.276 e. The van der Waals surface area contributed by atoms with Gasteiger partial charge in [-0.2, -0.15) is 0 Å². The Labute approximate surface area is 159 Å². The number of carbonyl (C=O) groups excluding carboxylic acids is 2. The summed E-state index contributed by atoms with van der Waals surface area (Å²) in [6.45, 7) is 4.84. The van der Waals surface area contributed by atoms with Gasteiger partial charge in [0.25, 0.3) is 5.91 Å². The summed E-state index contributed by atoms with van der Waals surface area (Å²) in [4.78, 5) is 28.3. The highest BCUT2D eigenvalue weighted by atomic mass is 16.5. The minimum Gasteiger partial charge on any atom is -0.359 e. The summed E-state index contributed by atoms with van der Waals surface area (Å²) in [7, 11) is 1.99. The Hall–Kier alpha value is -2.67. The van der Waals surface area contributed by atoms with E-state index in [1.165, 1.54) is 5.56 Å². The second kappa shape index (κ2) is 8.81. The fourth-order valence-electron chi connectivity index (χ4n) is 3.34. The molecule has 0 spiro atoms. The number of amides is 2. The molecule has 1 unspecified atom stereocenters. The first kappa shape index (κ1) is 19.1. The van der Waals surface area contributed by atoms with Crippen molar-refractivity contribution in [3.05, 3.63) is 53.4 Å². The Bertz CT molecular complexity index is 775. The van der Waals surface area contributed by atoms with Crippen LogP contribution in [-0.2, 0) is 17.9 Å². The first-order valence-electron chi connectivity index (χ1n) is 9.32. The predicted octanol–water partition coefficient (Wildman–Crippen LogP) is 1.90. The Balaban J connectivity index is 1.54. The molecule has 1 saturated heterocycles. The van der Waals surface area contributed by atoms with Crippen LogP contribution in [0.15, 0.2) is 40.9 Å². The van der Waals surface area contributed by atoms with E-state index in [0.717, 1.165) is 6.54 Å². The van der Waals surface area contributed by atoms with Crippen LogP contribution in [0.3, 0.4) is 0 Å². The predicted molar refractivity (Wildman–Crippen MR) is 101 cm³/mol. The van der Waals surface area contributed by atoms with E-state index in [2.05, 4.69) is 27.5 Å². The number of likely N-dealkylation sites (tertiary alicyclic amines) is 1. The molecule has 0 aliphatic carbocycles. The van der Waals surface area contributed by atoms with Gasteiger partial charge >= 0.3 is 0 Å². The number of hydrogen-bond acceptors (Lipinski definition) is 5. The molecule has 144 valence electrons. The first-order valence-corrected chi connectivity index (χ1v) is 9.32. The van der Waals surface area contributed by atoms with Crippen LogP contribution in [0, 0.1) is 5.92 Å². The summed E-state index contributed by atoms with van der Waals surface area (Å²) in [5.41, 5.74) is 1.51. The highest BCUT2D eigenvalue weighted by Crippen LogP contribution is 2.19. The van der Waals surface area contributed by atoms with E-state index < -0.39 is 0 Å². The molecule has 1 aliphatic rings. The third-order valence-corrected chi connectivity index (χ3v) is 4.70. The highest BCUT2D eigenvalue weighted by Gasteiger charge is 2.32. The zero-order chi connectivity index (χ0) is 19.2. The van der Waals surface area contributed by atoms with E-state index in [4.69, 9.17) is 4.52 Å². The summed E-state index contributed by atoms with van der Waals surface area (Å²) >= 11 is 0. The molecule has 7 heteroatoms. The fourth-order valence-corrected chi connectivity index (χ4v) is 3.34. The summed E-state index contributed by atoms with van der Waals surface area (Å²) in [6, 6.07) is 11.9. The summed E-state index contributed by atoms with van der Waals surface area (Å²) in [6.07, 6.45) is 0.683. The molecule has 0 radical (unpaired) electrons. The molecule has 0 bridgehead atoms. The van der Waals surface area contributed by atoms with Crippen molar-refractivity contribution < 1.29 is 14.1 Å². The van der Waals surface area contributed by atoms with Crippen LogP contribution in [0.25, 0.3) is 0 Å². The molecule has 0 saturated carbocycles. The van der Waals surface area contributed by atoms with Gasteiger partial charge in [-0.15, -0.1) is 0 Å². The number of rotatable bonds is 7. The van der Waals surface area contributed by atoms with Crippen LogP contribution in [-0.4, -0.2) is 53.5 Å². The largest absolute Gasteiger partial charge is 0.359 e. The van der Waals surface area contributed by atoms with Gasteiger partial charge in [-0.25, -0.2) is 0 Å². The van der Waals surface area contributed by atoms with E-state index in [-0.39, 0.29) is 17.7 Å². The fraction of sp³-hybridized carbons (Fsp3) is 0.450. The molecule has 1 aromatic heterocycles. The molecule has 1 fully saturated rings. The Morgan fingerprint density at radius 1 is 1.30 bits per heavy atom. The number of nitrogens with zero attached hydrogens (tertiary/aromatic N) is 3. The van der Waals surface area contributed by atoms with Crippen LogP contribution in [0.2, 0.25) is 0 Å². The second-order valence-corrected chi connectivity index (χ2v) is 6.97. The number of nitrogens with one attached hydrogen (secondary N) is 1. The van der Waals surface area contributed by atoms with Crippen molar-refractivity contribution in [2.45, 2.75) is 26.4 Å². The quantitative estimate of drug-likeness (QED) is 0.805. The molecule has 2 heterocycles. The minimum atomic E-state index is -0.178. The lowest BCUT2D eigenvalue weighted by Crippen LogP contribution is -2.34. The molecule has 27 heavy (non-hydrogen) atoms. The minimum absolute atomic E-state index is 0.0104. The average Bonchev–Trinajstić information content (AvgIpc) is 3.32. The van der Waals surface area contributed by atoms with E-state index in [0.29, 0.717) is 44.1 Å². The van der Waals surface area contributed by atoms with Crippen molar-refractivity contribution in [2.24, 2.45) is 5.92 Å². The van der Waals surface area contributed by atoms with E-state index in [1.807, 2.05) is 32.2 Å². The average molecular weight is 370 g/mol. The van der Waals surface area contributed by atoms with Gasteiger partial charge in [-0.1, -0.05) is 35.5 Å². The van der Waals surface area contributed by atoms with Gasteiger partial charge in [0, 0.05) is 32.2 Å². The lowest BCUT2D eigenvalue weighted by molar-refractivity contribution is -0.124. The molecular formula is C20H26N4O3. The van der Waals surface area contributed by atoms with Crippen molar-refractivity contribution in [3.8, 4) is 0 Å². The van der Waals surface area contributed by atoms with Crippen LogP contribution >= 0.6 is 0 Å². The molecule has 2 amide bonds. The lowest BCUT2D eigenvalue weighted by Gasteiger charge is -2.15. The first-order chi connectivity index (χ1) is 13.1. The number of carbonyl (C=O) groups is 2. The summed E-state index contributed by atoms with van der Waals surface area (Å²) in [5.74, 6) is 0.340. The van der Waals surface area contributed by atoms with Crippen molar-refractivity contribution >= 4 is 11.8 Å². The van der Waals surface area contributed by atoms with E-state index in [9.17, 15) is 9.59 Å². The van der Waals surface area contributed by atoms with Gasteiger partial charge in [-0.3, -0.25) is 14.5 Å². The van der Waals surface area contributed by atoms with Crippen molar-refractivity contribution in [1.29, 1.82) is 0 Å². The zero-order valence-electron chi connectivity index (χ0n) is 15.9.